The molecule has 6 heteroatoms. The molecule has 0 aliphatic carbocycles. The molecule has 0 saturated carbocycles. The van der Waals surface area contributed by atoms with Gasteiger partial charge in [-0.2, -0.15) is 0 Å². The van der Waals surface area contributed by atoms with Crippen molar-refractivity contribution in [2.45, 2.75) is 32.9 Å². The second kappa shape index (κ2) is 6.95. The van der Waals surface area contributed by atoms with Gasteiger partial charge in [-0.05, 0) is 29.5 Å². The van der Waals surface area contributed by atoms with Crippen LogP contribution in [-0.4, -0.2) is 37.2 Å². The van der Waals surface area contributed by atoms with Crippen LogP contribution in [0.15, 0.2) is 16.6 Å². The molecule has 0 aromatic heterocycles. The fourth-order valence-corrected chi connectivity index (χ4v) is 3.54. The van der Waals surface area contributed by atoms with Crippen LogP contribution in [0.4, 0.5) is 0 Å². The summed E-state index contributed by atoms with van der Waals surface area (Å²) in [6.45, 7) is 8.73. The van der Waals surface area contributed by atoms with Crippen molar-refractivity contribution < 1.29 is 9.47 Å². The highest BCUT2D eigenvalue weighted by molar-refractivity contribution is 9.10. The van der Waals surface area contributed by atoms with Gasteiger partial charge in [0.05, 0.1) is 0 Å². The van der Waals surface area contributed by atoms with Crippen molar-refractivity contribution in [1.29, 1.82) is 0 Å². The van der Waals surface area contributed by atoms with Crippen LogP contribution in [0.3, 0.4) is 0 Å². The summed E-state index contributed by atoms with van der Waals surface area (Å²) in [5, 5.41) is 0. The van der Waals surface area contributed by atoms with E-state index in [-0.39, 0.29) is 23.9 Å². The molecular formula is C16H24BrClN2O2. The Bertz CT molecular complexity index is 539. The Morgan fingerprint density at radius 2 is 1.91 bits per heavy atom. The van der Waals surface area contributed by atoms with Crippen LogP contribution in [0.25, 0.3) is 0 Å². The number of nitrogens with zero attached hydrogens (tertiary/aromatic N) is 1. The number of piperidine rings is 1. The first-order valence-electron chi connectivity index (χ1n) is 7.52. The summed E-state index contributed by atoms with van der Waals surface area (Å²) < 4.78 is 12.4. The van der Waals surface area contributed by atoms with E-state index in [4.69, 9.17) is 15.2 Å². The third-order valence-electron chi connectivity index (χ3n) is 4.50. The maximum Gasteiger partial charge on any atom is 0.162 e. The van der Waals surface area contributed by atoms with Crippen LogP contribution in [0.1, 0.15) is 25.8 Å². The average Bonchev–Trinajstić information content (AvgIpc) is 2.43. The Morgan fingerprint density at radius 3 is 2.55 bits per heavy atom. The predicted octanol–water partition coefficient (Wildman–Crippen LogP) is 3.20. The first-order chi connectivity index (χ1) is 9.95. The van der Waals surface area contributed by atoms with Gasteiger partial charge in [0.25, 0.3) is 0 Å². The number of ether oxygens (including phenoxy) is 2. The molecule has 0 radical (unpaired) electrons. The summed E-state index contributed by atoms with van der Waals surface area (Å²) >= 11 is 3.66. The number of halogens is 2. The molecule has 1 saturated heterocycles. The zero-order valence-electron chi connectivity index (χ0n) is 13.1. The van der Waals surface area contributed by atoms with Gasteiger partial charge in [0.1, 0.15) is 13.2 Å². The molecule has 1 unspecified atom stereocenters. The first kappa shape index (κ1) is 17.9. The van der Waals surface area contributed by atoms with Gasteiger partial charge < -0.3 is 15.2 Å². The molecule has 1 fully saturated rings. The van der Waals surface area contributed by atoms with Gasteiger partial charge in [-0.3, -0.25) is 4.90 Å². The first-order valence-corrected chi connectivity index (χ1v) is 8.31. The minimum Gasteiger partial charge on any atom is -0.486 e. The monoisotopic (exact) mass is 390 g/mol. The van der Waals surface area contributed by atoms with Gasteiger partial charge in [0.15, 0.2) is 11.5 Å². The number of fused-ring (bicyclic) bond motifs is 1. The van der Waals surface area contributed by atoms with Gasteiger partial charge in [-0.1, -0.05) is 29.8 Å². The van der Waals surface area contributed by atoms with Crippen LogP contribution in [-0.2, 0) is 6.54 Å². The molecule has 22 heavy (non-hydrogen) atoms. The summed E-state index contributed by atoms with van der Waals surface area (Å²) in [6.07, 6.45) is 1.05. The Hall–Kier alpha value is -0.490. The Kier molecular flexibility index (Phi) is 5.64. The molecule has 1 atom stereocenters. The minimum absolute atomic E-state index is 0. The van der Waals surface area contributed by atoms with E-state index in [0.717, 1.165) is 42.0 Å². The third-order valence-corrected chi connectivity index (χ3v) is 5.23. The van der Waals surface area contributed by atoms with Crippen LogP contribution < -0.4 is 15.2 Å². The van der Waals surface area contributed by atoms with Gasteiger partial charge in [-0.15, -0.1) is 12.4 Å². The second-order valence-electron chi connectivity index (χ2n) is 6.68. The summed E-state index contributed by atoms with van der Waals surface area (Å²) in [6, 6.07) is 4.41. The molecular weight excluding hydrogens is 368 g/mol. The molecule has 124 valence electrons. The summed E-state index contributed by atoms with van der Waals surface area (Å²) in [5.41, 5.74) is 7.62. The van der Waals surface area contributed by atoms with Crippen molar-refractivity contribution >= 4 is 28.3 Å². The van der Waals surface area contributed by atoms with E-state index in [9.17, 15) is 0 Å². The van der Waals surface area contributed by atoms with Crippen molar-refractivity contribution in [3.8, 4) is 11.5 Å². The number of benzene rings is 1. The molecule has 0 spiro atoms. The highest BCUT2D eigenvalue weighted by Crippen LogP contribution is 2.37. The summed E-state index contributed by atoms with van der Waals surface area (Å²) in [7, 11) is 0. The van der Waals surface area contributed by atoms with Gasteiger partial charge in [0, 0.05) is 30.1 Å². The number of rotatable bonds is 2. The molecule has 1 aromatic rings. The van der Waals surface area contributed by atoms with E-state index < -0.39 is 0 Å². The van der Waals surface area contributed by atoms with E-state index in [1.54, 1.807) is 0 Å². The van der Waals surface area contributed by atoms with Crippen LogP contribution in [0.2, 0.25) is 0 Å². The molecule has 0 amide bonds. The number of likely N-dealkylation sites (tertiary alicyclic amines) is 1. The number of hydrogen-bond donors (Lipinski definition) is 1. The molecule has 2 aliphatic rings. The van der Waals surface area contributed by atoms with Crippen molar-refractivity contribution in [2.24, 2.45) is 11.1 Å². The normalized spacial score (nSPS) is 23.7. The molecule has 3 rings (SSSR count). The lowest BCUT2D eigenvalue weighted by Gasteiger charge is -2.42. The van der Waals surface area contributed by atoms with Gasteiger partial charge in [-0.25, -0.2) is 0 Å². The Labute approximate surface area is 146 Å². The lowest BCUT2D eigenvalue weighted by atomic mass is 9.79. The van der Waals surface area contributed by atoms with E-state index in [1.165, 1.54) is 5.56 Å². The minimum atomic E-state index is 0. The standard InChI is InChI=1S/C16H23BrN2O2.ClH/c1-16(2)10-19(4-3-15(16)18)9-11-7-13-14(8-12(11)17)21-6-5-20-13;/h7-8,15H,3-6,9-10,18H2,1-2H3;1H. The largest absolute Gasteiger partial charge is 0.486 e. The SMILES string of the molecule is CC1(C)CN(Cc2cc3c(cc2Br)OCCO3)CCC1N.Cl. The topological polar surface area (TPSA) is 47.7 Å². The third kappa shape index (κ3) is 3.70. The molecule has 4 nitrogen and oxygen atoms in total. The maximum absolute atomic E-state index is 6.22. The molecule has 0 bridgehead atoms. The maximum atomic E-state index is 6.22. The highest BCUT2D eigenvalue weighted by Gasteiger charge is 2.33. The van der Waals surface area contributed by atoms with E-state index >= 15 is 0 Å². The highest BCUT2D eigenvalue weighted by atomic mass is 79.9. The summed E-state index contributed by atoms with van der Waals surface area (Å²) in [4.78, 5) is 2.47. The lowest BCUT2D eigenvalue weighted by molar-refractivity contribution is 0.0895. The zero-order valence-corrected chi connectivity index (χ0v) is 15.5. The predicted molar refractivity (Wildman–Crippen MR) is 94.0 cm³/mol. The van der Waals surface area contributed by atoms with Crippen LogP contribution in [0.5, 0.6) is 11.5 Å². The average molecular weight is 392 g/mol. The Morgan fingerprint density at radius 1 is 1.27 bits per heavy atom. The molecule has 2 heterocycles. The molecule has 1 aromatic carbocycles. The van der Waals surface area contributed by atoms with Crippen LogP contribution in [0, 0.1) is 5.41 Å². The van der Waals surface area contributed by atoms with Crippen molar-refractivity contribution in [3.63, 3.8) is 0 Å². The van der Waals surface area contributed by atoms with Crippen molar-refractivity contribution in [1.82, 2.24) is 4.90 Å². The molecule has 2 aliphatic heterocycles. The van der Waals surface area contributed by atoms with E-state index in [2.05, 4.69) is 40.7 Å². The van der Waals surface area contributed by atoms with Gasteiger partial charge >= 0.3 is 0 Å². The summed E-state index contributed by atoms with van der Waals surface area (Å²) in [5.74, 6) is 1.69. The second-order valence-corrected chi connectivity index (χ2v) is 7.54. The molecule has 2 N–H and O–H groups in total. The van der Waals surface area contributed by atoms with Crippen LogP contribution >= 0.6 is 28.3 Å². The fraction of sp³-hybridized carbons (Fsp3) is 0.625. The van der Waals surface area contributed by atoms with E-state index in [1.807, 2.05) is 6.07 Å². The van der Waals surface area contributed by atoms with Crippen molar-refractivity contribution in [3.05, 3.63) is 22.2 Å². The zero-order chi connectivity index (χ0) is 15.0. The lowest BCUT2D eigenvalue weighted by Crippen LogP contribution is -2.52. The van der Waals surface area contributed by atoms with Crippen molar-refractivity contribution in [2.75, 3.05) is 26.3 Å². The number of hydrogen-bond acceptors (Lipinski definition) is 4. The number of nitrogens with two attached hydrogens (primary N) is 1. The quantitative estimate of drug-likeness (QED) is 0.841. The fourth-order valence-electron chi connectivity index (χ4n) is 3.09. The Balaban J connectivity index is 0.00000176. The van der Waals surface area contributed by atoms with E-state index in [0.29, 0.717) is 13.2 Å². The smallest absolute Gasteiger partial charge is 0.162 e. The van der Waals surface area contributed by atoms with Gasteiger partial charge in [0.2, 0.25) is 0 Å².